The molecule has 0 aliphatic rings. The molecule has 0 aliphatic carbocycles. The number of hydrogen-bond acceptors (Lipinski definition) is 4. The lowest BCUT2D eigenvalue weighted by Gasteiger charge is -2.01. The van der Waals surface area contributed by atoms with Gasteiger partial charge in [-0.15, -0.1) is 10.2 Å². The monoisotopic (exact) mass is 339 g/mol. The van der Waals surface area contributed by atoms with Crippen molar-refractivity contribution in [3.63, 3.8) is 0 Å². The summed E-state index contributed by atoms with van der Waals surface area (Å²) >= 11 is 5.25. The third-order valence-corrected chi connectivity index (χ3v) is 4.47. The average Bonchev–Trinajstić information content (AvgIpc) is 2.86. The molecule has 0 aliphatic heterocycles. The number of aryl methyl sites for hydroxylation is 1. The fraction of sp³-hybridized carbons (Fsp3) is 0.429. The molecule has 3 nitrogen and oxygen atoms in total. The van der Waals surface area contributed by atoms with E-state index >= 15 is 0 Å². The normalized spacial score (nSPS) is 10.9. The molecular weight excluding hydrogens is 322 g/mol. The summed E-state index contributed by atoms with van der Waals surface area (Å²) in [6, 6.07) is 6.29. The van der Waals surface area contributed by atoms with Crippen molar-refractivity contribution in [1.29, 1.82) is 0 Å². The Bertz CT molecular complexity index is 539. The van der Waals surface area contributed by atoms with Gasteiger partial charge in [0.15, 0.2) is 0 Å². The molecule has 0 spiro atoms. The van der Waals surface area contributed by atoms with Crippen molar-refractivity contribution in [3.8, 4) is 10.6 Å². The Morgan fingerprint density at radius 1 is 1.26 bits per heavy atom. The van der Waals surface area contributed by atoms with E-state index in [-0.39, 0.29) is 0 Å². The van der Waals surface area contributed by atoms with Crippen LogP contribution in [0, 0.1) is 6.92 Å². The average molecular weight is 340 g/mol. The van der Waals surface area contributed by atoms with E-state index in [0.717, 1.165) is 46.0 Å². The summed E-state index contributed by atoms with van der Waals surface area (Å²) in [6.45, 7) is 6.30. The van der Waals surface area contributed by atoms with Crippen molar-refractivity contribution < 1.29 is 0 Å². The second kappa shape index (κ2) is 7.12. The quantitative estimate of drug-likeness (QED) is 0.813. The minimum absolute atomic E-state index is 0.946. The smallest absolute Gasteiger partial charge is 0.148 e. The molecule has 0 fully saturated rings. The van der Waals surface area contributed by atoms with Crippen LogP contribution in [-0.2, 0) is 6.42 Å². The maximum atomic E-state index is 4.30. The van der Waals surface area contributed by atoms with Crippen LogP contribution in [0.2, 0.25) is 0 Å². The number of rotatable bonds is 6. The van der Waals surface area contributed by atoms with Crippen molar-refractivity contribution in [1.82, 2.24) is 15.5 Å². The van der Waals surface area contributed by atoms with Crippen molar-refractivity contribution >= 4 is 27.3 Å². The van der Waals surface area contributed by atoms with Crippen LogP contribution in [0.4, 0.5) is 0 Å². The van der Waals surface area contributed by atoms with Crippen LogP contribution >= 0.6 is 27.3 Å². The molecular formula is C14H18BrN3S. The van der Waals surface area contributed by atoms with Crippen LogP contribution < -0.4 is 5.32 Å². The number of benzene rings is 1. The van der Waals surface area contributed by atoms with Crippen molar-refractivity contribution in [2.24, 2.45) is 0 Å². The standard InChI is InChI=1S/C14H18BrN3S/c1-3-7-16-8-6-13-17-18-14(19-13)11-9-10(2)4-5-12(11)15/h4-5,9,16H,3,6-8H2,1-2H3. The van der Waals surface area contributed by atoms with E-state index in [1.54, 1.807) is 11.3 Å². The lowest BCUT2D eigenvalue weighted by molar-refractivity contribution is 0.668. The molecule has 0 saturated heterocycles. The molecule has 1 aromatic carbocycles. The third kappa shape index (κ3) is 4.09. The van der Waals surface area contributed by atoms with E-state index in [1.807, 2.05) is 0 Å². The summed E-state index contributed by atoms with van der Waals surface area (Å²) in [4.78, 5) is 0. The third-order valence-electron chi connectivity index (χ3n) is 2.76. The fourth-order valence-corrected chi connectivity index (χ4v) is 3.20. The number of nitrogens with one attached hydrogen (secondary N) is 1. The van der Waals surface area contributed by atoms with Gasteiger partial charge in [-0.1, -0.05) is 45.8 Å². The van der Waals surface area contributed by atoms with Gasteiger partial charge in [0.25, 0.3) is 0 Å². The molecule has 1 N–H and O–H groups in total. The highest BCUT2D eigenvalue weighted by Gasteiger charge is 2.09. The number of aromatic nitrogens is 2. The first-order valence-electron chi connectivity index (χ1n) is 6.50. The van der Waals surface area contributed by atoms with E-state index in [1.165, 1.54) is 5.56 Å². The Morgan fingerprint density at radius 3 is 2.89 bits per heavy atom. The fourth-order valence-electron chi connectivity index (χ4n) is 1.76. The molecule has 0 radical (unpaired) electrons. The second-order valence-electron chi connectivity index (χ2n) is 4.48. The Balaban J connectivity index is 2.06. The molecule has 0 saturated carbocycles. The first-order valence-corrected chi connectivity index (χ1v) is 8.11. The van der Waals surface area contributed by atoms with E-state index in [9.17, 15) is 0 Å². The molecule has 0 amide bonds. The van der Waals surface area contributed by atoms with Gasteiger partial charge in [-0.25, -0.2) is 0 Å². The van der Waals surface area contributed by atoms with Gasteiger partial charge in [-0.2, -0.15) is 0 Å². The molecule has 5 heteroatoms. The zero-order chi connectivity index (χ0) is 13.7. The SMILES string of the molecule is CCCNCCc1nnc(-c2cc(C)ccc2Br)s1. The Hall–Kier alpha value is -0.780. The van der Waals surface area contributed by atoms with Gasteiger partial charge in [0, 0.05) is 23.0 Å². The minimum Gasteiger partial charge on any atom is -0.316 e. The number of hydrogen-bond donors (Lipinski definition) is 1. The Morgan fingerprint density at radius 2 is 2.11 bits per heavy atom. The number of halogens is 1. The summed E-state index contributed by atoms with van der Waals surface area (Å²) in [7, 11) is 0. The largest absolute Gasteiger partial charge is 0.316 e. The first-order chi connectivity index (χ1) is 9.20. The van der Waals surface area contributed by atoms with E-state index in [4.69, 9.17) is 0 Å². The Kier molecular flexibility index (Phi) is 5.48. The highest BCUT2D eigenvalue weighted by molar-refractivity contribution is 9.10. The molecule has 2 aromatic rings. The maximum Gasteiger partial charge on any atom is 0.148 e. The molecule has 1 heterocycles. The summed E-state index contributed by atoms with van der Waals surface area (Å²) in [6.07, 6.45) is 2.11. The maximum absolute atomic E-state index is 4.30. The van der Waals surface area contributed by atoms with Gasteiger partial charge in [0.05, 0.1) is 0 Å². The van der Waals surface area contributed by atoms with Crippen LogP contribution in [0.1, 0.15) is 23.9 Å². The van der Waals surface area contributed by atoms with Crippen molar-refractivity contribution in [2.45, 2.75) is 26.7 Å². The number of nitrogens with zero attached hydrogens (tertiary/aromatic N) is 2. The predicted octanol–water partition coefficient (Wildman–Crippen LogP) is 3.82. The molecule has 1 aromatic heterocycles. The molecule has 0 bridgehead atoms. The highest BCUT2D eigenvalue weighted by atomic mass is 79.9. The molecule has 0 atom stereocenters. The summed E-state index contributed by atoms with van der Waals surface area (Å²) in [5, 5.41) is 14.0. The van der Waals surface area contributed by atoms with Gasteiger partial charge < -0.3 is 5.32 Å². The summed E-state index contributed by atoms with van der Waals surface area (Å²) in [5.41, 5.74) is 2.37. The van der Waals surface area contributed by atoms with Gasteiger partial charge in [0.2, 0.25) is 0 Å². The van der Waals surface area contributed by atoms with Crippen LogP contribution in [0.3, 0.4) is 0 Å². The van der Waals surface area contributed by atoms with E-state index in [0.29, 0.717) is 0 Å². The lowest BCUT2D eigenvalue weighted by Crippen LogP contribution is -2.17. The van der Waals surface area contributed by atoms with E-state index < -0.39 is 0 Å². The zero-order valence-electron chi connectivity index (χ0n) is 11.2. The van der Waals surface area contributed by atoms with Gasteiger partial charge in [0.1, 0.15) is 10.0 Å². The van der Waals surface area contributed by atoms with Crippen LogP contribution in [0.5, 0.6) is 0 Å². The molecule has 2 rings (SSSR count). The predicted molar refractivity (Wildman–Crippen MR) is 84.6 cm³/mol. The van der Waals surface area contributed by atoms with Gasteiger partial charge >= 0.3 is 0 Å². The van der Waals surface area contributed by atoms with Crippen LogP contribution in [0.25, 0.3) is 10.6 Å². The summed E-state index contributed by atoms with van der Waals surface area (Å²) < 4.78 is 1.07. The van der Waals surface area contributed by atoms with Crippen LogP contribution in [-0.4, -0.2) is 23.3 Å². The van der Waals surface area contributed by atoms with Gasteiger partial charge in [-0.3, -0.25) is 0 Å². The van der Waals surface area contributed by atoms with Gasteiger partial charge in [-0.05, 0) is 32.0 Å². The van der Waals surface area contributed by atoms with Crippen molar-refractivity contribution in [2.75, 3.05) is 13.1 Å². The minimum atomic E-state index is 0.946. The summed E-state index contributed by atoms with van der Waals surface area (Å²) in [5.74, 6) is 0. The second-order valence-corrected chi connectivity index (χ2v) is 6.40. The van der Waals surface area contributed by atoms with Crippen molar-refractivity contribution in [3.05, 3.63) is 33.2 Å². The molecule has 0 unspecified atom stereocenters. The topological polar surface area (TPSA) is 37.8 Å². The highest BCUT2D eigenvalue weighted by Crippen LogP contribution is 2.31. The first kappa shape index (κ1) is 14.6. The zero-order valence-corrected chi connectivity index (χ0v) is 13.6. The molecule has 102 valence electrons. The Labute approximate surface area is 126 Å². The lowest BCUT2D eigenvalue weighted by atomic mass is 10.1. The molecule has 19 heavy (non-hydrogen) atoms. The van der Waals surface area contributed by atoms with E-state index in [2.05, 4.69) is 63.5 Å². The van der Waals surface area contributed by atoms with Crippen LogP contribution in [0.15, 0.2) is 22.7 Å².